The van der Waals surface area contributed by atoms with E-state index in [4.69, 9.17) is 11.6 Å². The van der Waals surface area contributed by atoms with Crippen LogP contribution in [-0.4, -0.2) is 34.9 Å². The fraction of sp³-hybridized carbons (Fsp3) is 0.238. The molecule has 0 spiro atoms. The van der Waals surface area contributed by atoms with Gasteiger partial charge >= 0.3 is 0 Å². The number of aromatic nitrogens is 1. The fourth-order valence-corrected chi connectivity index (χ4v) is 4.47. The van der Waals surface area contributed by atoms with E-state index in [1.165, 1.54) is 16.9 Å². The molecule has 1 N–H and O–H groups in total. The molecule has 138 valence electrons. The van der Waals surface area contributed by atoms with Gasteiger partial charge in [-0.1, -0.05) is 60.1 Å². The van der Waals surface area contributed by atoms with E-state index in [1.54, 1.807) is 6.20 Å². The van der Waals surface area contributed by atoms with Gasteiger partial charge in [-0.2, -0.15) is 0 Å². The first-order valence-corrected chi connectivity index (χ1v) is 10.2. The summed E-state index contributed by atoms with van der Waals surface area (Å²) in [4.78, 5) is 20.0. The van der Waals surface area contributed by atoms with Crippen LogP contribution >= 0.6 is 22.9 Å². The third-order valence-electron chi connectivity index (χ3n) is 4.69. The third kappa shape index (κ3) is 4.38. The van der Waals surface area contributed by atoms with Crippen molar-refractivity contribution >= 4 is 28.8 Å². The number of amides is 1. The molecule has 2 heterocycles. The maximum absolute atomic E-state index is 12.6. The molecule has 0 aliphatic carbocycles. The lowest BCUT2D eigenvalue weighted by Gasteiger charge is -2.16. The monoisotopic (exact) mass is 397 g/mol. The van der Waals surface area contributed by atoms with Crippen LogP contribution in [0.25, 0.3) is 10.6 Å². The predicted octanol–water partition coefficient (Wildman–Crippen LogP) is 4.47. The number of hydrogen-bond acceptors (Lipinski definition) is 4. The summed E-state index contributed by atoms with van der Waals surface area (Å²) >= 11 is 7.60. The summed E-state index contributed by atoms with van der Waals surface area (Å²) in [6.45, 7) is 2.79. The molecule has 1 aromatic heterocycles. The maximum Gasteiger partial charge on any atom is 0.263 e. The first-order chi connectivity index (χ1) is 13.2. The van der Waals surface area contributed by atoms with Crippen LogP contribution in [-0.2, 0) is 6.54 Å². The van der Waals surface area contributed by atoms with Gasteiger partial charge in [0.2, 0.25) is 0 Å². The smallest absolute Gasteiger partial charge is 0.263 e. The molecule has 1 atom stereocenters. The van der Waals surface area contributed by atoms with E-state index in [9.17, 15) is 4.79 Å². The SMILES string of the molecule is O=C(NC1CCN(Cc2ccccc2)C1)c1cnc(-c2ccccc2Cl)s1. The van der Waals surface area contributed by atoms with E-state index in [0.29, 0.717) is 9.90 Å². The first-order valence-electron chi connectivity index (χ1n) is 8.97. The number of halogens is 1. The van der Waals surface area contributed by atoms with Crippen LogP contribution in [0.4, 0.5) is 0 Å². The lowest BCUT2D eigenvalue weighted by molar-refractivity contribution is 0.0941. The average Bonchev–Trinajstić information content (AvgIpc) is 3.33. The van der Waals surface area contributed by atoms with Gasteiger partial charge in [0, 0.05) is 31.2 Å². The topological polar surface area (TPSA) is 45.2 Å². The minimum absolute atomic E-state index is 0.0580. The lowest BCUT2D eigenvalue weighted by Crippen LogP contribution is -2.36. The van der Waals surface area contributed by atoms with Crippen LogP contribution in [0, 0.1) is 0 Å². The second-order valence-electron chi connectivity index (χ2n) is 6.69. The lowest BCUT2D eigenvalue weighted by atomic mass is 10.2. The molecule has 0 radical (unpaired) electrons. The van der Waals surface area contributed by atoms with Crippen molar-refractivity contribution in [1.82, 2.24) is 15.2 Å². The largest absolute Gasteiger partial charge is 0.347 e. The Morgan fingerprint density at radius 2 is 1.96 bits per heavy atom. The summed E-state index contributed by atoms with van der Waals surface area (Å²) in [7, 11) is 0. The summed E-state index contributed by atoms with van der Waals surface area (Å²) < 4.78 is 0. The molecule has 1 aliphatic rings. The van der Waals surface area contributed by atoms with Crippen molar-refractivity contribution in [3.8, 4) is 10.6 Å². The predicted molar refractivity (Wildman–Crippen MR) is 110 cm³/mol. The highest BCUT2D eigenvalue weighted by molar-refractivity contribution is 7.17. The number of carbonyl (C=O) groups is 1. The molecule has 1 aliphatic heterocycles. The fourth-order valence-electron chi connectivity index (χ4n) is 3.33. The van der Waals surface area contributed by atoms with Crippen molar-refractivity contribution in [2.24, 2.45) is 0 Å². The van der Waals surface area contributed by atoms with Crippen molar-refractivity contribution < 1.29 is 4.79 Å². The number of benzene rings is 2. The van der Waals surface area contributed by atoms with Crippen molar-refractivity contribution in [3.63, 3.8) is 0 Å². The summed E-state index contributed by atoms with van der Waals surface area (Å²) in [5.41, 5.74) is 2.16. The zero-order valence-electron chi connectivity index (χ0n) is 14.8. The zero-order valence-corrected chi connectivity index (χ0v) is 16.3. The summed E-state index contributed by atoms with van der Waals surface area (Å²) in [6, 6.07) is 18.2. The van der Waals surface area contributed by atoms with E-state index < -0.39 is 0 Å². The van der Waals surface area contributed by atoms with Gasteiger partial charge in [-0.3, -0.25) is 9.69 Å². The Labute approximate surface area is 167 Å². The molecule has 2 aromatic carbocycles. The second kappa shape index (κ2) is 8.21. The number of carbonyl (C=O) groups excluding carboxylic acids is 1. The quantitative estimate of drug-likeness (QED) is 0.691. The normalized spacial score (nSPS) is 17.1. The first kappa shape index (κ1) is 18.2. The molecule has 3 aromatic rings. The van der Waals surface area contributed by atoms with E-state index >= 15 is 0 Å². The van der Waals surface area contributed by atoms with Crippen LogP contribution in [0.15, 0.2) is 60.8 Å². The number of hydrogen-bond donors (Lipinski definition) is 1. The number of thiazole rings is 1. The average molecular weight is 398 g/mol. The second-order valence-corrected chi connectivity index (χ2v) is 8.13. The van der Waals surface area contributed by atoms with Gasteiger partial charge < -0.3 is 5.32 Å². The van der Waals surface area contributed by atoms with Gasteiger partial charge in [0.05, 0.1) is 11.2 Å². The third-order valence-corrected chi connectivity index (χ3v) is 6.05. The Kier molecular flexibility index (Phi) is 5.53. The van der Waals surface area contributed by atoms with Gasteiger partial charge in [-0.05, 0) is 18.1 Å². The summed E-state index contributed by atoms with van der Waals surface area (Å²) in [5, 5.41) is 4.56. The van der Waals surface area contributed by atoms with Crippen LogP contribution in [0.5, 0.6) is 0 Å². The highest BCUT2D eigenvalue weighted by Gasteiger charge is 2.25. The molecular weight excluding hydrogens is 378 g/mol. The van der Waals surface area contributed by atoms with Gasteiger partial charge in [-0.25, -0.2) is 4.98 Å². The van der Waals surface area contributed by atoms with Crippen molar-refractivity contribution in [3.05, 3.63) is 76.3 Å². The Balaban J connectivity index is 1.35. The van der Waals surface area contributed by atoms with Crippen molar-refractivity contribution in [1.29, 1.82) is 0 Å². The van der Waals surface area contributed by atoms with E-state index in [2.05, 4.69) is 39.5 Å². The molecule has 6 heteroatoms. The molecule has 0 bridgehead atoms. The molecule has 1 amide bonds. The molecule has 1 unspecified atom stereocenters. The van der Waals surface area contributed by atoms with E-state index in [1.807, 2.05) is 30.3 Å². The van der Waals surface area contributed by atoms with Crippen LogP contribution in [0.1, 0.15) is 21.7 Å². The zero-order chi connectivity index (χ0) is 18.6. The number of nitrogens with zero attached hydrogens (tertiary/aromatic N) is 2. The summed E-state index contributed by atoms with van der Waals surface area (Å²) in [5.74, 6) is -0.0580. The minimum atomic E-state index is -0.0580. The Hall–Kier alpha value is -2.21. The minimum Gasteiger partial charge on any atom is -0.347 e. The van der Waals surface area contributed by atoms with Gasteiger partial charge in [0.25, 0.3) is 5.91 Å². The van der Waals surface area contributed by atoms with Gasteiger partial charge in [-0.15, -0.1) is 11.3 Å². The van der Waals surface area contributed by atoms with E-state index in [-0.39, 0.29) is 11.9 Å². The van der Waals surface area contributed by atoms with Crippen molar-refractivity contribution in [2.45, 2.75) is 19.0 Å². The number of likely N-dealkylation sites (tertiary alicyclic amines) is 1. The highest BCUT2D eigenvalue weighted by atomic mass is 35.5. The molecule has 4 nitrogen and oxygen atoms in total. The Morgan fingerprint density at radius 1 is 1.19 bits per heavy atom. The number of nitrogens with one attached hydrogen (secondary N) is 1. The molecule has 4 rings (SSSR count). The molecule has 27 heavy (non-hydrogen) atoms. The molecule has 0 saturated carbocycles. The number of rotatable bonds is 5. The van der Waals surface area contributed by atoms with Gasteiger partial charge in [0.1, 0.15) is 9.88 Å². The van der Waals surface area contributed by atoms with Crippen LogP contribution in [0.3, 0.4) is 0 Å². The van der Waals surface area contributed by atoms with Gasteiger partial charge in [0.15, 0.2) is 0 Å². The Morgan fingerprint density at radius 3 is 2.78 bits per heavy atom. The Bertz CT molecular complexity index is 928. The van der Waals surface area contributed by atoms with Crippen molar-refractivity contribution in [2.75, 3.05) is 13.1 Å². The molecule has 1 saturated heterocycles. The standard InChI is InChI=1S/C21H20ClN3OS/c22-18-9-5-4-8-17(18)21-23-12-19(27-21)20(26)24-16-10-11-25(14-16)13-15-6-2-1-3-7-15/h1-9,12,16H,10-11,13-14H2,(H,24,26). The summed E-state index contributed by atoms with van der Waals surface area (Å²) in [6.07, 6.45) is 2.60. The molecular formula is C21H20ClN3OS. The van der Waals surface area contributed by atoms with Crippen LogP contribution < -0.4 is 5.32 Å². The van der Waals surface area contributed by atoms with Crippen LogP contribution in [0.2, 0.25) is 5.02 Å². The van der Waals surface area contributed by atoms with E-state index in [0.717, 1.165) is 36.6 Å². The molecule has 1 fully saturated rings. The highest BCUT2D eigenvalue weighted by Crippen LogP contribution is 2.31. The maximum atomic E-state index is 12.6.